The third-order valence-corrected chi connectivity index (χ3v) is 11.1. The molecule has 0 aromatic heterocycles. The van der Waals surface area contributed by atoms with Crippen LogP contribution in [-0.2, 0) is 39.9 Å². The van der Waals surface area contributed by atoms with Crippen LogP contribution in [0.1, 0.15) is 81.2 Å². The number of hydrogen-bond donors (Lipinski definition) is 2. The van der Waals surface area contributed by atoms with Crippen molar-refractivity contribution in [2.24, 2.45) is 11.3 Å². The summed E-state index contributed by atoms with van der Waals surface area (Å²) in [5.74, 6) is -0.458. The Balaban J connectivity index is 1.09. The molecule has 56 heavy (non-hydrogen) atoms. The van der Waals surface area contributed by atoms with Gasteiger partial charge in [-0.1, -0.05) is 68.8 Å². The molecule has 2 N–H and O–H groups in total. The van der Waals surface area contributed by atoms with Crippen molar-refractivity contribution < 1.29 is 38.4 Å². The Bertz CT molecular complexity index is 1500. The summed E-state index contributed by atoms with van der Waals surface area (Å²) >= 11 is 0. The SMILES string of the molecule is Cc1cc(C)c(/C(C(=O)O)=C(\OCc2ccccc2)C2CCC(OCCOCCN3CCN(CCOCCOCC(=O)NC(C)C(C)(C)C)CC3)CC2)c(C)c1. The second-order valence-corrected chi connectivity index (χ2v) is 16.6. The van der Waals surface area contributed by atoms with Crippen LogP contribution in [-0.4, -0.2) is 124 Å². The van der Waals surface area contributed by atoms with Crippen LogP contribution in [0.15, 0.2) is 48.2 Å². The van der Waals surface area contributed by atoms with Crippen LogP contribution in [0.3, 0.4) is 0 Å². The van der Waals surface area contributed by atoms with E-state index in [1.165, 1.54) is 0 Å². The molecule has 1 amide bonds. The Hall–Kier alpha value is -3.32. The van der Waals surface area contributed by atoms with Crippen LogP contribution in [0, 0.1) is 32.1 Å². The molecule has 2 aromatic rings. The van der Waals surface area contributed by atoms with Gasteiger partial charge in [0, 0.05) is 51.2 Å². The van der Waals surface area contributed by atoms with Gasteiger partial charge in [0.2, 0.25) is 5.91 Å². The van der Waals surface area contributed by atoms with Gasteiger partial charge in [-0.15, -0.1) is 0 Å². The van der Waals surface area contributed by atoms with Gasteiger partial charge in [0.1, 0.15) is 24.5 Å². The first-order valence-electron chi connectivity index (χ1n) is 20.6. The maximum atomic E-state index is 12.9. The van der Waals surface area contributed by atoms with E-state index in [-0.39, 0.29) is 41.6 Å². The Morgan fingerprint density at radius 3 is 1.91 bits per heavy atom. The van der Waals surface area contributed by atoms with E-state index in [1.807, 2.05) is 70.2 Å². The molecule has 11 heteroatoms. The lowest BCUT2D eigenvalue weighted by Crippen LogP contribution is -2.48. The third-order valence-electron chi connectivity index (χ3n) is 11.1. The number of nitrogens with zero attached hydrogens (tertiary/aromatic N) is 2. The van der Waals surface area contributed by atoms with Gasteiger partial charge in [-0.05, 0) is 81.0 Å². The van der Waals surface area contributed by atoms with Crippen molar-refractivity contribution in [1.29, 1.82) is 0 Å². The molecule has 2 aliphatic rings. The van der Waals surface area contributed by atoms with Gasteiger partial charge in [-0.2, -0.15) is 0 Å². The zero-order valence-electron chi connectivity index (χ0n) is 35.2. The van der Waals surface area contributed by atoms with E-state index in [0.29, 0.717) is 52.0 Å². The number of aryl methyl sites for hydroxylation is 3. The molecule has 1 aliphatic carbocycles. The fraction of sp³-hybridized carbons (Fsp3) is 0.644. The molecule has 1 heterocycles. The number of piperazine rings is 1. The van der Waals surface area contributed by atoms with E-state index >= 15 is 0 Å². The predicted octanol–water partition coefficient (Wildman–Crippen LogP) is 6.42. The molecule has 2 aromatic carbocycles. The molecule has 312 valence electrons. The molecule has 11 nitrogen and oxygen atoms in total. The first-order valence-corrected chi connectivity index (χ1v) is 20.6. The molecule has 0 spiro atoms. The van der Waals surface area contributed by atoms with Gasteiger partial charge in [-0.25, -0.2) is 4.79 Å². The van der Waals surface area contributed by atoms with Gasteiger partial charge in [0.25, 0.3) is 0 Å². The number of nitrogens with one attached hydrogen (secondary N) is 1. The van der Waals surface area contributed by atoms with Crippen molar-refractivity contribution in [3.8, 4) is 0 Å². The van der Waals surface area contributed by atoms with Crippen molar-refractivity contribution in [2.45, 2.75) is 92.9 Å². The van der Waals surface area contributed by atoms with Crippen molar-refractivity contribution in [3.63, 3.8) is 0 Å². The number of allylic oxidation sites excluding steroid dienone is 1. The van der Waals surface area contributed by atoms with Crippen molar-refractivity contribution in [2.75, 3.05) is 85.5 Å². The van der Waals surface area contributed by atoms with Gasteiger partial charge in [-0.3, -0.25) is 14.6 Å². The van der Waals surface area contributed by atoms with Crippen LogP contribution in [0.5, 0.6) is 0 Å². The zero-order chi connectivity index (χ0) is 40.5. The van der Waals surface area contributed by atoms with Crippen LogP contribution < -0.4 is 5.32 Å². The van der Waals surface area contributed by atoms with E-state index in [1.54, 1.807) is 0 Å². The zero-order valence-corrected chi connectivity index (χ0v) is 35.2. The van der Waals surface area contributed by atoms with Crippen LogP contribution >= 0.6 is 0 Å². The predicted molar refractivity (Wildman–Crippen MR) is 221 cm³/mol. The molecule has 0 bridgehead atoms. The van der Waals surface area contributed by atoms with Crippen LogP contribution in [0.25, 0.3) is 5.57 Å². The number of aliphatic carboxylic acids is 1. The van der Waals surface area contributed by atoms with Crippen molar-refractivity contribution in [3.05, 3.63) is 76.0 Å². The first-order chi connectivity index (χ1) is 26.8. The topological polar surface area (TPSA) is 119 Å². The Morgan fingerprint density at radius 2 is 1.36 bits per heavy atom. The summed E-state index contributed by atoms with van der Waals surface area (Å²) in [7, 11) is 0. The van der Waals surface area contributed by atoms with E-state index in [4.69, 9.17) is 23.7 Å². The molecule has 2 fully saturated rings. The standard InChI is InChI=1S/C45H69N3O8/c1-33-29-34(2)41(35(3)30-33)42(44(50)51)43(56-31-37-11-9-8-10-12-37)38-13-15-39(16-14-38)55-28-27-53-24-22-48-19-17-47(18-20-48)21-23-52-25-26-54-32-40(49)46-36(4)45(5,6)7/h8-12,29-30,36,38-39H,13-28,31-32H2,1-7H3,(H,46,49)(H,50,51)/b43-42+. The van der Waals surface area contributed by atoms with Gasteiger partial charge >= 0.3 is 5.97 Å². The second kappa shape index (κ2) is 23.2. The van der Waals surface area contributed by atoms with Crippen molar-refractivity contribution in [1.82, 2.24) is 15.1 Å². The van der Waals surface area contributed by atoms with E-state index in [0.717, 1.165) is 92.8 Å². The van der Waals surface area contributed by atoms with Gasteiger partial charge < -0.3 is 34.1 Å². The maximum absolute atomic E-state index is 12.9. The summed E-state index contributed by atoms with van der Waals surface area (Å²) in [4.78, 5) is 29.8. The molecule has 0 radical (unpaired) electrons. The molecular formula is C45H69N3O8. The number of benzene rings is 2. The maximum Gasteiger partial charge on any atom is 0.339 e. The number of carboxylic acid groups (broad SMARTS) is 1. The minimum atomic E-state index is -0.950. The Labute approximate surface area is 336 Å². The van der Waals surface area contributed by atoms with Gasteiger partial charge in [0.15, 0.2) is 0 Å². The summed E-state index contributed by atoms with van der Waals surface area (Å²) in [6, 6.07) is 14.1. The largest absolute Gasteiger partial charge is 0.492 e. The number of rotatable bonds is 22. The normalized spacial score (nSPS) is 19.3. The number of carbonyl (C=O) groups is 2. The molecule has 1 saturated carbocycles. The molecular weight excluding hydrogens is 711 g/mol. The lowest BCUT2D eigenvalue weighted by atomic mass is 9.82. The monoisotopic (exact) mass is 780 g/mol. The molecule has 1 atom stereocenters. The van der Waals surface area contributed by atoms with Crippen molar-refractivity contribution >= 4 is 17.4 Å². The van der Waals surface area contributed by atoms with E-state index < -0.39 is 5.97 Å². The fourth-order valence-electron chi connectivity index (χ4n) is 7.42. The molecule has 1 saturated heterocycles. The summed E-state index contributed by atoms with van der Waals surface area (Å²) < 4.78 is 29.9. The average Bonchev–Trinajstić information content (AvgIpc) is 3.15. The highest BCUT2D eigenvalue weighted by Crippen LogP contribution is 2.38. The lowest BCUT2D eigenvalue weighted by Gasteiger charge is -2.34. The summed E-state index contributed by atoms with van der Waals surface area (Å²) in [5, 5.41) is 13.6. The Morgan fingerprint density at radius 1 is 0.804 bits per heavy atom. The minimum absolute atomic E-state index is 0.00185. The lowest BCUT2D eigenvalue weighted by molar-refractivity contribution is -0.130. The molecule has 1 unspecified atom stereocenters. The summed E-state index contributed by atoms with van der Waals surface area (Å²) in [5.41, 5.74) is 5.09. The third kappa shape index (κ3) is 15.2. The van der Waals surface area contributed by atoms with Crippen LogP contribution in [0.2, 0.25) is 0 Å². The molecule has 1 aliphatic heterocycles. The quantitative estimate of drug-likeness (QED) is 0.0788. The summed E-state index contributed by atoms with van der Waals surface area (Å²) in [6.07, 6.45) is 3.43. The molecule has 4 rings (SSSR count). The highest BCUT2D eigenvalue weighted by atomic mass is 16.5. The number of carbonyl (C=O) groups excluding carboxylic acids is 1. The fourth-order valence-corrected chi connectivity index (χ4v) is 7.42. The van der Waals surface area contributed by atoms with E-state index in [9.17, 15) is 14.7 Å². The minimum Gasteiger partial charge on any atom is -0.492 e. The average molecular weight is 780 g/mol. The summed E-state index contributed by atoms with van der Waals surface area (Å²) in [6.45, 7) is 23.8. The highest BCUT2D eigenvalue weighted by Gasteiger charge is 2.32. The van der Waals surface area contributed by atoms with E-state index in [2.05, 4.69) is 35.9 Å². The number of ether oxygens (including phenoxy) is 5. The number of carboxylic acids is 1. The van der Waals surface area contributed by atoms with Crippen LogP contribution in [0.4, 0.5) is 0 Å². The number of amides is 1. The first kappa shape index (κ1) is 45.4. The highest BCUT2D eigenvalue weighted by molar-refractivity contribution is 6.17. The number of hydrogen-bond acceptors (Lipinski definition) is 9. The Kier molecular flexibility index (Phi) is 18.8. The van der Waals surface area contributed by atoms with Gasteiger partial charge in [0.05, 0.1) is 45.7 Å². The second-order valence-electron chi connectivity index (χ2n) is 16.6. The smallest absolute Gasteiger partial charge is 0.339 e.